The molecule has 5 heteroatoms. The highest BCUT2D eigenvalue weighted by molar-refractivity contribution is 5.41. The van der Waals surface area contributed by atoms with Gasteiger partial charge in [-0.1, -0.05) is 18.2 Å². The lowest BCUT2D eigenvalue weighted by atomic mass is 10.1. The molecule has 0 radical (unpaired) electrons. The first kappa shape index (κ1) is 10.9. The normalized spacial score (nSPS) is 21.6. The predicted molar refractivity (Wildman–Crippen MR) is 61.4 cm³/mol. The number of rotatable bonds is 3. The van der Waals surface area contributed by atoms with Crippen LogP contribution in [0.2, 0.25) is 0 Å². The molecule has 1 fully saturated rings. The molecule has 1 N–H and O–H groups in total. The van der Waals surface area contributed by atoms with Crippen molar-refractivity contribution in [3.8, 4) is 0 Å². The Hall–Kier alpha value is -1.62. The van der Waals surface area contributed by atoms with Crippen LogP contribution in [0.15, 0.2) is 30.3 Å². The summed E-state index contributed by atoms with van der Waals surface area (Å²) >= 11 is 0. The minimum Gasteiger partial charge on any atom is -0.313 e. The molecular weight excluding hydrogens is 206 g/mol. The lowest BCUT2D eigenvalue weighted by Crippen LogP contribution is -2.47. The van der Waals surface area contributed by atoms with E-state index < -0.39 is 6.17 Å². The fourth-order valence-corrected chi connectivity index (χ4v) is 1.94. The molecular formula is C11H15N3O2. The van der Waals surface area contributed by atoms with Crippen LogP contribution < -0.4 is 5.43 Å². The third-order valence-electron chi connectivity index (χ3n) is 2.76. The molecule has 1 heterocycles. The van der Waals surface area contributed by atoms with E-state index >= 15 is 0 Å². The van der Waals surface area contributed by atoms with Crippen LogP contribution in [0.25, 0.3) is 0 Å². The number of piperidine rings is 1. The zero-order chi connectivity index (χ0) is 11.4. The van der Waals surface area contributed by atoms with Gasteiger partial charge >= 0.3 is 0 Å². The van der Waals surface area contributed by atoms with Crippen molar-refractivity contribution in [2.75, 3.05) is 12.0 Å². The quantitative estimate of drug-likeness (QED) is 0.627. The van der Waals surface area contributed by atoms with Gasteiger partial charge in [0.05, 0.1) is 0 Å². The molecule has 0 bridgehead atoms. The summed E-state index contributed by atoms with van der Waals surface area (Å²) in [5.74, 6) is 0. The van der Waals surface area contributed by atoms with Crippen molar-refractivity contribution in [3.63, 3.8) is 0 Å². The Morgan fingerprint density at radius 1 is 1.31 bits per heavy atom. The third kappa shape index (κ3) is 2.49. The van der Waals surface area contributed by atoms with Gasteiger partial charge < -0.3 is 5.43 Å². The number of anilines is 1. The SMILES string of the molecule is O=[N+]([O-])C1CCCCN1Nc1ccccc1. The summed E-state index contributed by atoms with van der Waals surface area (Å²) in [7, 11) is 0. The molecule has 1 aliphatic heterocycles. The summed E-state index contributed by atoms with van der Waals surface area (Å²) in [5, 5.41) is 12.6. The molecule has 1 unspecified atom stereocenters. The van der Waals surface area contributed by atoms with E-state index in [-0.39, 0.29) is 4.92 Å². The molecule has 0 saturated carbocycles. The average molecular weight is 221 g/mol. The second kappa shape index (κ2) is 4.94. The van der Waals surface area contributed by atoms with E-state index in [1.54, 1.807) is 5.01 Å². The molecule has 0 aliphatic carbocycles. The van der Waals surface area contributed by atoms with Gasteiger partial charge in [0.2, 0.25) is 0 Å². The van der Waals surface area contributed by atoms with Gasteiger partial charge in [-0.3, -0.25) is 10.1 Å². The van der Waals surface area contributed by atoms with E-state index in [1.807, 2.05) is 30.3 Å². The number of para-hydroxylation sites is 1. The molecule has 16 heavy (non-hydrogen) atoms. The topological polar surface area (TPSA) is 58.4 Å². The van der Waals surface area contributed by atoms with Crippen molar-refractivity contribution < 1.29 is 4.92 Å². The van der Waals surface area contributed by atoms with E-state index in [4.69, 9.17) is 0 Å². The average Bonchev–Trinajstić information content (AvgIpc) is 2.31. The number of nitrogens with zero attached hydrogens (tertiary/aromatic N) is 2. The summed E-state index contributed by atoms with van der Waals surface area (Å²) in [6, 6.07) is 9.56. The van der Waals surface area contributed by atoms with Crippen molar-refractivity contribution in [1.82, 2.24) is 5.01 Å². The molecule has 1 saturated heterocycles. The molecule has 1 aliphatic rings. The van der Waals surface area contributed by atoms with Crippen LogP contribution in [-0.2, 0) is 0 Å². The maximum Gasteiger partial charge on any atom is 0.284 e. The molecule has 0 aromatic heterocycles. The summed E-state index contributed by atoms with van der Waals surface area (Å²) in [6.07, 6.45) is 1.95. The van der Waals surface area contributed by atoms with Crippen molar-refractivity contribution >= 4 is 5.69 Å². The standard InChI is InChI=1S/C11H15N3O2/c15-14(16)11-8-4-5-9-13(11)12-10-6-2-1-3-7-10/h1-3,6-7,11-12H,4-5,8-9H2. The summed E-state index contributed by atoms with van der Waals surface area (Å²) in [4.78, 5) is 10.7. The fraction of sp³-hybridized carbons (Fsp3) is 0.455. The molecule has 0 spiro atoms. The van der Waals surface area contributed by atoms with Crippen LogP contribution in [0.5, 0.6) is 0 Å². The van der Waals surface area contributed by atoms with Gasteiger partial charge in [-0.2, -0.15) is 5.01 Å². The Kier molecular flexibility index (Phi) is 3.36. The Bertz CT molecular complexity index is 356. The van der Waals surface area contributed by atoms with Crippen LogP contribution in [0.3, 0.4) is 0 Å². The Labute approximate surface area is 94.2 Å². The first-order valence-electron chi connectivity index (χ1n) is 5.49. The van der Waals surface area contributed by atoms with Crippen molar-refractivity contribution in [2.24, 2.45) is 0 Å². The predicted octanol–water partition coefficient (Wildman–Crippen LogP) is 2.10. The fourth-order valence-electron chi connectivity index (χ4n) is 1.94. The second-order valence-corrected chi connectivity index (χ2v) is 3.93. The first-order chi connectivity index (χ1) is 7.77. The third-order valence-corrected chi connectivity index (χ3v) is 2.76. The van der Waals surface area contributed by atoms with Crippen LogP contribution in [0.4, 0.5) is 5.69 Å². The van der Waals surface area contributed by atoms with E-state index in [9.17, 15) is 10.1 Å². The minimum atomic E-state index is -0.603. The highest BCUT2D eigenvalue weighted by Crippen LogP contribution is 2.18. The number of benzene rings is 1. The molecule has 1 aromatic rings. The van der Waals surface area contributed by atoms with Gasteiger partial charge in [0.1, 0.15) is 0 Å². The zero-order valence-corrected chi connectivity index (χ0v) is 9.00. The maximum atomic E-state index is 10.9. The smallest absolute Gasteiger partial charge is 0.284 e. The molecule has 1 aromatic carbocycles. The van der Waals surface area contributed by atoms with Crippen LogP contribution in [-0.4, -0.2) is 22.6 Å². The van der Waals surface area contributed by atoms with Gasteiger partial charge in [-0.25, -0.2) is 0 Å². The van der Waals surface area contributed by atoms with Crippen molar-refractivity contribution in [3.05, 3.63) is 40.4 Å². The molecule has 2 rings (SSSR count). The zero-order valence-electron chi connectivity index (χ0n) is 9.00. The van der Waals surface area contributed by atoms with Crippen LogP contribution in [0.1, 0.15) is 19.3 Å². The number of nitro groups is 1. The number of hydrazine groups is 1. The van der Waals surface area contributed by atoms with Gasteiger partial charge in [-0.05, 0) is 25.0 Å². The number of nitrogens with one attached hydrogen (secondary N) is 1. The van der Waals surface area contributed by atoms with Crippen molar-refractivity contribution in [2.45, 2.75) is 25.4 Å². The molecule has 1 atom stereocenters. The van der Waals surface area contributed by atoms with Gasteiger partial charge in [0.15, 0.2) is 0 Å². The minimum absolute atomic E-state index is 0.213. The largest absolute Gasteiger partial charge is 0.313 e. The molecule has 86 valence electrons. The number of hydrogen-bond acceptors (Lipinski definition) is 4. The van der Waals surface area contributed by atoms with Gasteiger partial charge in [0, 0.05) is 23.6 Å². The highest BCUT2D eigenvalue weighted by atomic mass is 16.6. The summed E-state index contributed by atoms with van der Waals surface area (Å²) < 4.78 is 0. The lowest BCUT2D eigenvalue weighted by molar-refractivity contribution is -0.552. The van der Waals surface area contributed by atoms with E-state index in [2.05, 4.69) is 5.43 Å². The monoisotopic (exact) mass is 221 g/mol. The lowest BCUT2D eigenvalue weighted by Gasteiger charge is -2.30. The first-order valence-corrected chi connectivity index (χ1v) is 5.49. The summed E-state index contributed by atoms with van der Waals surface area (Å²) in [5.41, 5.74) is 4.00. The van der Waals surface area contributed by atoms with E-state index in [1.165, 1.54) is 0 Å². The molecule has 0 amide bonds. The Morgan fingerprint density at radius 2 is 2.06 bits per heavy atom. The van der Waals surface area contributed by atoms with Crippen molar-refractivity contribution in [1.29, 1.82) is 0 Å². The van der Waals surface area contributed by atoms with E-state index in [0.29, 0.717) is 6.42 Å². The number of hydrogen-bond donors (Lipinski definition) is 1. The van der Waals surface area contributed by atoms with Gasteiger partial charge in [-0.15, -0.1) is 0 Å². The molecule has 5 nitrogen and oxygen atoms in total. The maximum absolute atomic E-state index is 10.9. The highest BCUT2D eigenvalue weighted by Gasteiger charge is 2.31. The van der Waals surface area contributed by atoms with Gasteiger partial charge in [0.25, 0.3) is 6.17 Å². The Balaban J connectivity index is 2.04. The van der Waals surface area contributed by atoms with Crippen LogP contribution >= 0.6 is 0 Å². The van der Waals surface area contributed by atoms with Crippen LogP contribution in [0, 0.1) is 10.1 Å². The second-order valence-electron chi connectivity index (χ2n) is 3.93. The Morgan fingerprint density at radius 3 is 2.75 bits per heavy atom. The van der Waals surface area contributed by atoms with E-state index in [0.717, 1.165) is 25.1 Å². The summed E-state index contributed by atoms with van der Waals surface area (Å²) in [6.45, 7) is 0.723.